The summed E-state index contributed by atoms with van der Waals surface area (Å²) in [5, 5.41) is 12.6. The van der Waals surface area contributed by atoms with E-state index in [1.807, 2.05) is 5.38 Å². The molecular formula is C9H13NO2S. The Labute approximate surface area is 81.2 Å². The minimum Gasteiger partial charge on any atom is -0.480 e. The molecule has 0 radical (unpaired) electrons. The molecule has 0 fully saturated rings. The fraction of sp³-hybridized carbons (Fsp3) is 0.444. The van der Waals surface area contributed by atoms with Gasteiger partial charge in [0, 0.05) is 0 Å². The van der Waals surface area contributed by atoms with Gasteiger partial charge >= 0.3 is 5.97 Å². The number of nitrogens with two attached hydrogens (primary N) is 1. The summed E-state index contributed by atoms with van der Waals surface area (Å²) in [6, 6.07) is 1.34. The van der Waals surface area contributed by atoms with E-state index in [-0.39, 0.29) is 0 Å². The first-order chi connectivity index (χ1) is 6.20. The molecule has 0 aliphatic heterocycles. The lowest BCUT2D eigenvalue weighted by Crippen LogP contribution is -2.29. The van der Waals surface area contributed by atoms with Crippen LogP contribution < -0.4 is 5.73 Å². The molecule has 1 unspecified atom stereocenters. The fourth-order valence-corrected chi connectivity index (χ4v) is 1.79. The number of carboxylic acids is 1. The Bertz CT molecular complexity index is 259. The topological polar surface area (TPSA) is 63.3 Å². The lowest BCUT2D eigenvalue weighted by Gasteiger charge is -2.04. The molecule has 0 aliphatic rings. The lowest BCUT2D eigenvalue weighted by atomic mass is 10.1. The Kier molecular flexibility index (Phi) is 3.92. The molecule has 1 atom stereocenters. The molecule has 72 valence electrons. The van der Waals surface area contributed by atoms with Crippen LogP contribution in [-0.4, -0.2) is 17.1 Å². The van der Waals surface area contributed by atoms with Crippen molar-refractivity contribution in [3.63, 3.8) is 0 Å². The predicted molar refractivity (Wildman–Crippen MR) is 52.9 cm³/mol. The number of aliphatic carboxylic acids is 1. The van der Waals surface area contributed by atoms with Crippen LogP contribution in [0.25, 0.3) is 0 Å². The summed E-state index contributed by atoms with van der Waals surface area (Å²) < 4.78 is 0. The molecule has 3 nitrogen and oxygen atoms in total. The number of aryl methyl sites for hydroxylation is 1. The summed E-state index contributed by atoms with van der Waals surface area (Å²) in [4.78, 5) is 10.4. The molecule has 13 heavy (non-hydrogen) atoms. The highest BCUT2D eigenvalue weighted by atomic mass is 32.1. The minimum absolute atomic E-state index is 0.547. The standard InChI is InChI=1S/C9H13NO2S/c10-8(9(11)12)3-1-2-7-4-5-13-6-7/h4-6,8H,1-3,10H2,(H,11,12). The van der Waals surface area contributed by atoms with E-state index in [2.05, 4.69) is 11.4 Å². The van der Waals surface area contributed by atoms with Gasteiger partial charge in [0.1, 0.15) is 6.04 Å². The summed E-state index contributed by atoms with van der Waals surface area (Å²) in [6.07, 6.45) is 2.31. The van der Waals surface area contributed by atoms with E-state index in [0.717, 1.165) is 12.8 Å². The molecule has 0 saturated heterocycles. The molecule has 0 spiro atoms. The third-order valence-corrected chi connectivity index (χ3v) is 2.61. The van der Waals surface area contributed by atoms with Gasteiger partial charge < -0.3 is 10.8 Å². The second kappa shape index (κ2) is 4.99. The number of hydrogen-bond donors (Lipinski definition) is 2. The van der Waals surface area contributed by atoms with Gasteiger partial charge in [-0.2, -0.15) is 11.3 Å². The van der Waals surface area contributed by atoms with Crippen LogP contribution in [0.3, 0.4) is 0 Å². The van der Waals surface area contributed by atoms with Crippen LogP contribution in [-0.2, 0) is 11.2 Å². The SMILES string of the molecule is NC(CCCc1ccsc1)C(=O)O. The highest BCUT2D eigenvalue weighted by Crippen LogP contribution is 2.10. The van der Waals surface area contributed by atoms with Gasteiger partial charge in [-0.25, -0.2) is 0 Å². The van der Waals surface area contributed by atoms with Crippen LogP contribution in [0, 0.1) is 0 Å². The van der Waals surface area contributed by atoms with Gasteiger partial charge in [-0.1, -0.05) is 0 Å². The number of carboxylic acid groups (broad SMARTS) is 1. The second-order valence-corrected chi connectivity index (χ2v) is 3.75. The number of carbonyl (C=O) groups is 1. The molecule has 3 N–H and O–H groups in total. The fourth-order valence-electron chi connectivity index (χ4n) is 1.08. The van der Waals surface area contributed by atoms with E-state index < -0.39 is 12.0 Å². The van der Waals surface area contributed by atoms with E-state index in [9.17, 15) is 4.79 Å². The highest BCUT2D eigenvalue weighted by Gasteiger charge is 2.10. The maximum atomic E-state index is 10.4. The van der Waals surface area contributed by atoms with Gasteiger partial charge in [-0.3, -0.25) is 4.79 Å². The number of thiophene rings is 1. The van der Waals surface area contributed by atoms with Gasteiger partial charge in [0.05, 0.1) is 0 Å². The van der Waals surface area contributed by atoms with Gasteiger partial charge in [-0.05, 0) is 41.7 Å². The van der Waals surface area contributed by atoms with Crippen molar-refractivity contribution in [3.8, 4) is 0 Å². The summed E-state index contributed by atoms with van der Waals surface area (Å²) in [5.74, 6) is -0.912. The Hall–Kier alpha value is -0.870. The third kappa shape index (κ3) is 3.57. The van der Waals surface area contributed by atoms with Crippen molar-refractivity contribution in [1.29, 1.82) is 0 Å². The van der Waals surface area contributed by atoms with Crippen LogP contribution in [0.2, 0.25) is 0 Å². The molecule has 1 aromatic heterocycles. The molecule has 0 aliphatic carbocycles. The number of rotatable bonds is 5. The van der Waals surface area contributed by atoms with Gasteiger partial charge in [-0.15, -0.1) is 0 Å². The van der Waals surface area contributed by atoms with Crippen molar-refractivity contribution < 1.29 is 9.90 Å². The molecule has 0 amide bonds. The Morgan fingerprint density at radius 1 is 1.69 bits per heavy atom. The van der Waals surface area contributed by atoms with E-state index in [4.69, 9.17) is 10.8 Å². The molecule has 1 heterocycles. The zero-order valence-corrected chi connectivity index (χ0v) is 8.09. The normalized spacial score (nSPS) is 12.7. The van der Waals surface area contributed by atoms with Crippen LogP contribution in [0.5, 0.6) is 0 Å². The van der Waals surface area contributed by atoms with Gasteiger partial charge in [0.25, 0.3) is 0 Å². The molecular weight excluding hydrogens is 186 g/mol. The summed E-state index contributed by atoms with van der Waals surface area (Å²) in [5.41, 5.74) is 6.63. The average molecular weight is 199 g/mol. The van der Waals surface area contributed by atoms with Crippen molar-refractivity contribution in [3.05, 3.63) is 22.4 Å². The van der Waals surface area contributed by atoms with E-state index >= 15 is 0 Å². The molecule has 4 heteroatoms. The van der Waals surface area contributed by atoms with Crippen LogP contribution in [0.4, 0.5) is 0 Å². The second-order valence-electron chi connectivity index (χ2n) is 2.97. The quantitative estimate of drug-likeness (QED) is 0.755. The van der Waals surface area contributed by atoms with Crippen LogP contribution in [0.1, 0.15) is 18.4 Å². The molecule has 1 aromatic rings. The van der Waals surface area contributed by atoms with Crippen molar-refractivity contribution in [2.75, 3.05) is 0 Å². The molecule has 0 saturated carbocycles. The monoisotopic (exact) mass is 199 g/mol. The van der Waals surface area contributed by atoms with Crippen LogP contribution in [0.15, 0.2) is 16.8 Å². The first kappa shape index (κ1) is 10.2. The lowest BCUT2D eigenvalue weighted by molar-refractivity contribution is -0.138. The van der Waals surface area contributed by atoms with Crippen LogP contribution >= 0.6 is 11.3 Å². The first-order valence-corrected chi connectivity index (χ1v) is 5.14. The van der Waals surface area contributed by atoms with Gasteiger partial charge in [0.15, 0.2) is 0 Å². The Morgan fingerprint density at radius 3 is 3.00 bits per heavy atom. The molecule has 0 bridgehead atoms. The minimum atomic E-state index is -0.912. The Morgan fingerprint density at radius 2 is 2.46 bits per heavy atom. The van der Waals surface area contributed by atoms with E-state index in [1.165, 1.54) is 5.56 Å². The van der Waals surface area contributed by atoms with Crippen molar-refractivity contribution >= 4 is 17.3 Å². The van der Waals surface area contributed by atoms with Crippen molar-refractivity contribution in [2.45, 2.75) is 25.3 Å². The predicted octanol–water partition coefficient (Wildman–Crippen LogP) is 1.48. The summed E-state index contributed by atoms with van der Waals surface area (Å²) in [7, 11) is 0. The maximum Gasteiger partial charge on any atom is 0.320 e. The van der Waals surface area contributed by atoms with Gasteiger partial charge in [0.2, 0.25) is 0 Å². The van der Waals surface area contributed by atoms with Crippen molar-refractivity contribution in [1.82, 2.24) is 0 Å². The third-order valence-electron chi connectivity index (χ3n) is 1.88. The zero-order chi connectivity index (χ0) is 9.68. The van der Waals surface area contributed by atoms with E-state index in [1.54, 1.807) is 11.3 Å². The summed E-state index contributed by atoms with van der Waals surface area (Å²) >= 11 is 1.66. The Balaban J connectivity index is 2.18. The first-order valence-electron chi connectivity index (χ1n) is 4.19. The van der Waals surface area contributed by atoms with E-state index in [0.29, 0.717) is 6.42 Å². The highest BCUT2D eigenvalue weighted by molar-refractivity contribution is 7.07. The maximum absolute atomic E-state index is 10.4. The summed E-state index contributed by atoms with van der Waals surface area (Å²) in [6.45, 7) is 0. The molecule has 1 rings (SSSR count). The number of hydrogen-bond acceptors (Lipinski definition) is 3. The largest absolute Gasteiger partial charge is 0.480 e. The molecule has 0 aromatic carbocycles. The smallest absolute Gasteiger partial charge is 0.320 e. The average Bonchev–Trinajstić information content (AvgIpc) is 2.56. The zero-order valence-electron chi connectivity index (χ0n) is 7.27. The van der Waals surface area contributed by atoms with Crippen molar-refractivity contribution in [2.24, 2.45) is 5.73 Å².